The minimum atomic E-state index is -0.181. The summed E-state index contributed by atoms with van der Waals surface area (Å²) in [5.41, 5.74) is 1.03. The average molecular weight is 245 g/mol. The van der Waals surface area contributed by atoms with Crippen molar-refractivity contribution in [3.8, 4) is 0 Å². The molecule has 0 bridgehead atoms. The van der Waals surface area contributed by atoms with E-state index in [1.54, 1.807) is 0 Å². The maximum atomic E-state index is 12.4. The Labute approximate surface area is 107 Å². The Bertz CT molecular complexity index is 445. The van der Waals surface area contributed by atoms with Crippen LogP contribution in [0.1, 0.15) is 31.4 Å². The molecule has 2 aliphatic rings. The first kappa shape index (κ1) is 11.7. The molecular formula is C15H19NO2. The molecule has 96 valence electrons. The van der Waals surface area contributed by atoms with E-state index in [9.17, 15) is 9.90 Å². The lowest BCUT2D eigenvalue weighted by atomic mass is 9.73. The minimum absolute atomic E-state index is 0.000463. The van der Waals surface area contributed by atoms with Gasteiger partial charge in [0.2, 0.25) is 5.91 Å². The molecule has 1 saturated carbocycles. The molecule has 0 unspecified atom stereocenters. The van der Waals surface area contributed by atoms with Crippen LogP contribution in [0, 0.1) is 11.8 Å². The first-order valence-electron chi connectivity index (χ1n) is 6.72. The second-order valence-corrected chi connectivity index (χ2v) is 5.44. The summed E-state index contributed by atoms with van der Waals surface area (Å²) < 4.78 is 0. The fourth-order valence-electron chi connectivity index (χ4n) is 3.47. The predicted molar refractivity (Wildman–Crippen MR) is 68.8 cm³/mol. The van der Waals surface area contributed by atoms with Crippen molar-refractivity contribution in [2.24, 2.45) is 11.8 Å². The fourth-order valence-corrected chi connectivity index (χ4v) is 3.47. The van der Waals surface area contributed by atoms with Gasteiger partial charge < -0.3 is 10.0 Å². The molecule has 0 aromatic heterocycles. The molecule has 1 aromatic rings. The van der Waals surface area contributed by atoms with Gasteiger partial charge in [0.25, 0.3) is 0 Å². The summed E-state index contributed by atoms with van der Waals surface area (Å²) in [5.74, 6) is 0.967. The van der Waals surface area contributed by atoms with Gasteiger partial charge in [-0.3, -0.25) is 4.79 Å². The molecule has 1 heterocycles. The van der Waals surface area contributed by atoms with Crippen LogP contribution in [0.5, 0.6) is 0 Å². The third kappa shape index (κ3) is 1.57. The molecule has 1 aromatic carbocycles. The summed E-state index contributed by atoms with van der Waals surface area (Å²) in [6, 6.07) is 9.92. The number of amides is 1. The highest BCUT2D eigenvalue weighted by atomic mass is 16.3. The summed E-state index contributed by atoms with van der Waals surface area (Å²) in [6.45, 7) is 2.12. The van der Waals surface area contributed by atoms with Crippen molar-refractivity contribution < 1.29 is 9.90 Å². The maximum Gasteiger partial charge on any atom is 0.226 e. The van der Waals surface area contributed by atoms with Gasteiger partial charge in [-0.25, -0.2) is 0 Å². The number of likely N-dealkylation sites (tertiary alicyclic amines) is 1. The Morgan fingerprint density at radius 3 is 2.50 bits per heavy atom. The largest absolute Gasteiger partial charge is 0.394 e. The molecule has 3 nitrogen and oxygen atoms in total. The van der Waals surface area contributed by atoms with Gasteiger partial charge in [0.15, 0.2) is 0 Å². The molecule has 4 atom stereocenters. The van der Waals surface area contributed by atoms with Crippen LogP contribution >= 0.6 is 0 Å². The van der Waals surface area contributed by atoms with Crippen molar-refractivity contribution >= 4 is 5.91 Å². The van der Waals surface area contributed by atoms with Crippen molar-refractivity contribution in [2.75, 3.05) is 6.61 Å². The number of hydrogen-bond acceptors (Lipinski definition) is 2. The SMILES string of the molecule is C[C@@H]1[C@@H]2CC[C@@H]2C(=O)N1[C@H](CO)c1ccccc1. The lowest BCUT2D eigenvalue weighted by Crippen LogP contribution is -2.38. The van der Waals surface area contributed by atoms with Crippen LogP contribution in [0.15, 0.2) is 30.3 Å². The van der Waals surface area contributed by atoms with E-state index >= 15 is 0 Å². The molecule has 1 N–H and O–H groups in total. The average Bonchev–Trinajstić information content (AvgIpc) is 2.49. The number of benzene rings is 1. The summed E-state index contributed by atoms with van der Waals surface area (Å²) in [5, 5.41) is 9.67. The van der Waals surface area contributed by atoms with E-state index in [2.05, 4.69) is 6.92 Å². The zero-order valence-electron chi connectivity index (χ0n) is 10.6. The molecule has 1 aliphatic heterocycles. The maximum absolute atomic E-state index is 12.4. The summed E-state index contributed by atoms with van der Waals surface area (Å²) in [4.78, 5) is 14.3. The van der Waals surface area contributed by atoms with Gasteiger partial charge in [-0.05, 0) is 31.2 Å². The Balaban J connectivity index is 1.90. The van der Waals surface area contributed by atoms with Crippen molar-refractivity contribution in [3.63, 3.8) is 0 Å². The van der Waals surface area contributed by atoms with E-state index in [0.717, 1.165) is 18.4 Å². The van der Waals surface area contributed by atoms with Gasteiger partial charge in [0, 0.05) is 12.0 Å². The molecule has 1 amide bonds. The van der Waals surface area contributed by atoms with E-state index in [0.29, 0.717) is 5.92 Å². The minimum Gasteiger partial charge on any atom is -0.394 e. The van der Waals surface area contributed by atoms with Gasteiger partial charge in [0.1, 0.15) is 0 Å². The van der Waals surface area contributed by atoms with E-state index in [1.807, 2.05) is 35.2 Å². The van der Waals surface area contributed by atoms with Crippen molar-refractivity contribution in [1.29, 1.82) is 0 Å². The molecular weight excluding hydrogens is 226 g/mol. The normalized spacial score (nSPS) is 32.0. The van der Waals surface area contributed by atoms with Crippen LogP contribution in [-0.2, 0) is 4.79 Å². The number of fused-ring (bicyclic) bond motifs is 1. The highest BCUT2D eigenvalue weighted by Crippen LogP contribution is 2.48. The van der Waals surface area contributed by atoms with E-state index in [1.165, 1.54) is 0 Å². The topological polar surface area (TPSA) is 40.5 Å². The zero-order valence-corrected chi connectivity index (χ0v) is 10.6. The molecule has 3 heteroatoms. The number of carbonyl (C=O) groups is 1. The van der Waals surface area contributed by atoms with E-state index in [4.69, 9.17) is 0 Å². The van der Waals surface area contributed by atoms with E-state index < -0.39 is 0 Å². The predicted octanol–water partition coefficient (Wildman–Crippen LogP) is 1.98. The molecule has 1 aliphatic carbocycles. The van der Waals surface area contributed by atoms with Crippen LogP contribution in [0.3, 0.4) is 0 Å². The smallest absolute Gasteiger partial charge is 0.226 e. The highest BCUT2D eigenvalue weighted by Gasteiger charge is 2.52. The quantitative estimate of drug-likeness (QED) is 0.884. The molecule has 18 heavy (non-hydrogen) atoms. The number of carbonyl (C=O) groups excluding carboxylic acids is 1. The molecule has 0 spiro atoms. The monoisotopic (exact) mass is 245 g/mol. The van der Waals surface area contributed by atoms with Gasteiger partial charge in [-0.15, -0.1) is 0 Å². The second-order valence-electron chi connectivity index (χ2n) is 5.44. The van der Waals surface area contributed by atoms with Crippen molar-refractivity contribution in [2.45, 2.75) is 31.8 Å². The van der Waals surface area contributed by atoms with Gasteiger partial charge in [-0.1, -0.05) is 30.3 Å². The number of nitrogens with zero attached hydrogens (tertiary/aromatic N) is 1. The Hall–Kier alpha value is -1.35. The third-order valence-electron chi connectivity index (χ3n) is 4.65. The standard InChI is InChI=1S/C15H19NO2/c1-10-12-7-8-13(12)15(18)16(10)14(9-17)11-5-3-2-4-6-11/h2-6,10,12-14,17H,7-9H2,1H3/t10-,12+,13+,14-/m1/s1. The second kappa shape index (κ2) is 4.39. The number of aliphatic hydroxyl groups excluding tert-OH is 1. The fraction of sp³-hybridized carbons (Fsp3) is 0.533. The lowest BCUT2D eigenvalue weighted by Gasteiger charge is -2.33. The van der Waals surface area contributed by atoms with Crippen LogP contribution in [0.2, 0.25) is 0 Å². The number of rotatable bonds is 3. The van der Waals surface area contributed by atoms with Crippen LogP contribution in [-0.4, -0.2) is 28.6 Å². The van der Waals surface area contributed by atoms with Crippen molar-refractivity contribution in [1.82, 2.24) is 4.90 Å². The summed E-state index contributed by atoms with van der Waals surface area (Å²) in [7, 11) is 0. The zero-order chi connectivity index (χ0) is 12.7. The third-order valence-corrected chi connectivity index (χ3v) is 4.65. The Morgan fingerprint density at radius 2 is 2.06 bits per heavy atom. The van der Waals surface area contributed by atoms with Crippen LogP contribution < -0.4 is 0 Å². The van der Waals surface area contributed by atoms with Crippen molar-refractivity contribution in [3.05, 3.63) is 35.9 Å². The molecule has 2 fully saturated rings. The highest BCUT2D eigenvalue weighted by molar-refractivity contribution is 5.83. The number of aliphatic hydroxyl groups is 1. The van der Waals surface area contributed by atoms with Crippen LogP contribution in [0.25, 0.3) is 0 Å². The molecule has 3 rings (SSSR count). The first-order chi connectivity index (χ1) is 8.74. The van der Waals surface area contributed by atoms with Gasteiger partial charge in [0.05, 0.1) is 12.6 Å². The lowest BCUT2D eigenvalue weighted by molar-refractivity contribution is -0.136. The van der Waals surface area contributed by atoms with Gasteiger partial charge in [-0.2, -0.15) is 0 Å². The molecule has 0 radical (unpaired) electrons. The first-order valence-corrected chi connectivity index (χ1v) is 6.72. The Kier molecular flexibility index (Phi) is 2.86. The van der Waals surface area contributed by atoms with Gasteiger partial charge >= 0.3 is 0 Å². The number of hydrogen-bond donors (Lipinski definition) is 1. The Morgan fingerprint density at radius 1 is 1.33 bits per heavy atom. The molecule has 1 saturated heterocycles. The van der Waals surface area contributed by atoms with E-state index in [-0.39, 0.29) is 30.5 Å². The summed E-state index contributed by atoms with van der Waals surface area (Å²) >= 11 is 0. The van der Waals surface area contributed by atoms with Crippen LogP contribution in [0.4, 0.5) is 0 Å². The summed E-state index contributed by atoms with van der Waals surface area (Å²) in [6.07, 6.45) is 2.18.